The van der Waals surface area contributed by atoms with Crippen LogP contribution in [0.2, 0.25) is 0 Å². The molecule has 0 bridgehead atoms. The topological polar surface area (TPSA) is 47.3 Å². The lowest BCUT2D eigenvalue weighted by Crippen LogP contribution is -2.15. The fourth-order valence-electron chi connectivity index (χ4n) is 0.982. The molecule has 0 radical (unpaired) electrons. The summed E-state index contributed by atoms with van der Waals surface area (Å²) in [6.45, 7) is 0.820. The van der Waals surface area contributed by atoms with E-state index in [1.807, 2.05) is 24.3 Å². The third-order valence-electron chi connectivity index (χ3n) is 1.64. The van der Waals surface area contributed by atoms with Gasteiger partial charge >= 0.3 is 0 Å². The molecule has 0 aliphatic carbocycles. The van der Waals surface area contributed by atoms with Crippen molar-refractivity contribution >= 4 is 5.69 Å². The molecule has 3 nitrogen and oxygen atoms in total. The molecule has 1 aromatic rings. The highest BCUT2D eigenvalue weighted by atomic mass is 16.6. The lowest BCUT2D eigenvalue weighted by molar-refractivity contribution is 0.0928. The highest BCUT2D eigenvalue weighted by Gasteiger charge is 1.91. The van der Waals surface area contributed by atoms with Crippen molar-refractivity contribution in [3.63, 3.8) is 0 Å². The molecule has 0 atom stereocenters. The second kappa shape index (κ2) is 4.74. The van der Waals surface area contributed by atoms with E-state index >= 15 is 0 Å². The number of hydrogen-bond acceptors (Lipinski definition) is 3. The SMILES string of the molecule is CONCCc1ccc(N)cc1. The van der Waals surface area contributed by atoms with E-state index in [0.29, 0.717) is 0 Å². The van der Waals surface area contributed by atoms with Gasteiger partial charge in [-0.2, -0.15) is 0 Å². The largest absolute Gasteiger partial charge is 0.399 e. The zero-order valence-electron chi connectivity index (χ0n) is 7.21. The van der Waals surface area contributed by atoms with Gasteiger partial charge in [-0.15, -0.1) is 0 Å². The van der Waals surface area contributed by atoms with E-state index < -0.39 is 0 Å². The molecule has 66 valence electrons. The Morgan fingerprint density at radius 1 is 1.33 bits per heavy atom. The van der Waals surface area contributed by atoms with E-state index in [-0.39, 0.29) is 0 Å². The minimum Gasteiger partial charge on any atom is -0.399 e. The molecule has 0 aromatic heterocycles. The molecule has 3 heteroatoms. The zero-order chi connectivity index (χ0) is 8.81. The summed E-state index contributed by atoms with van der Waals surface area (Å²) in [7, 11) is 1.61. The fraction of sp³-hybridized carbons (Fsp3) is 0.333. The van der Waals surface area contributed by atoms with E-state index in [1.54, 1.807) is 7.11 Å². The quantitative estimate of drug-likeness (QED) is 0.398. The molecule has 0 aliphatic heterocycles. The third-order valence-corrected chi connectivity index (χ3v) is 1.64. The Balaban J connectivity index is 2.37. The second-order valence-corrected chi connectivity index (χ2v) is 2.59. The van der Waals surface area contributed by atoms with Gasteiger partial charge in [0.1, 0.15) is 0 Å². The first-order valence-corrected chi connectivity index (χ1v) is 3.93. The van der Waals surface area contributed by atoms with Crippen LogP contribution in [0.4, 0.5) is 5.69 Å². The lowest BCUT2D eigenvalue weighted by atomic mass is 10.1. The summed E-state index contributed by atoms with van der Waals surface area (Å²) in [5.74, 6) is 0. The van der Waals surface area contributed by atoms with Crippen LogP contribution in [-0.4, -0.2) is 13.7 Å². The van der Waals surface area contributed by atoms with Crippen LogP contribution in [0.15, 0.2) is 24.3 Å². The van der Waals surface area contributed by atoms with Gasteiger partial charge in [-0.3, -0.25) is 0 Å². The molecule has 0 unspecified atom stereocenters. The first kappa shape index (κ1) is 9.03. The summed E-state index contributed by atoms with van der Waals surface area (Å²) in [5, 5.41) is 0. The number of benzene rings is 1. The molecule has 0 saturated heterocycles. The maximum Gasteiger partial charge on any atom is 0.0572 e. The van der Waals surface area contributed by atoms with Crippen LogP contribution in [0.25, 0.3) is 0 Å². The summed E-state index contributed by atoms with van der Waals surface area (Å²) >= 11 is 0. The summed E-state index contributed by atoms with van der Waals surface area (Å²) in [6, 6.07) is 7.85. The summed E-state index contributed by atoms with van der Waals surface area (Å²) < 4.78 is 0. The Morgan fingerprint density at radius 3 is 2.58 bits per heavy atom. The molecule has 3 N–H and O–H groups in total. The van der Waals surface area contributed by atoms with E-state index in [2.05, 4.69) is 5.48 Å². The number of rotatable bonds is 4. The van der Waals surface area contributed by atoms with Gasteiger partial charge < -0.3 is 10.6 Å². The monoisotopic (exact) mass is 166 g/mol. The minimum absolute atomic E-state index is 0.804. The molecular weight excluding hydrogens is 152 g/mol. The standard InChI is InChI=1S/C9H14N2O/c1-12-11-7-6-8-2-4-9(10)5-3-8/h2-5,11H,6-7,10H2,1H3. The summed E-state index contributed by atoms with van der Waals surface area (Å²) in [4.78, 5) is 4.71. The number of nitrogen functional groups attached to an aromatic ring is 1. The Labute approximate surface area is 72.5 Å². The Hall–Kier alpha value is -1.06. The molecule has 1 aromatic carbocycles. The first-order chi connectivity index (χ1) is 5.83. The smallest absolute Gasteiger partial charge is 0.0572 e. The van der Waals surface area contributed by atoms with Crippen molar-refractivity contribution in [3.05, 3.63) is 29.8 Å². The van der Waals surface area contributed by atoms with Crippen LogP contribution >= 0.6 is 0 Å². The van der Waals surface area contributed by atoms with Crippen molar-refractivity contribution in [1.82, 2.24) is 5.48 Å². The van der Waals surface area contributed by atoms with Gasteiger partial charge in [-0.25, -0.2) is 5.48 Å². The van der Waals surface area contributed by atoms with Gasteiger partial charge in [-0.1, -0.05) is 12.1 Å². The zero-order valence-corrected chi connectivity index (χ0v) is 7.21. The van der Waals surface area contributed by atoms with E-state index in [1.165, 1.54) is 5.56 Å². The van der Waals surface area contributed by atoms with Crippen molar-refractivity contribution in [2.75, 3.05) is 19.4 Å². The first-order valence-electron chi connectivity index (χ1n) is 3.93. The highest BCUT2D eigenvalue weighted by Crippen LogP contribution is 2.05. The minimum atomic E-state index is 0.804. The summed E-state index contributed by atoms with van der Waals surface area (Å²) in [5.41, 5.74) is 10.4. The Morgan fingerprint density at radius 2 is 2.00 bits per heavy atom. The van der Waals surface area contributed by atoms with Crippen LogP contribution in [0.3, 0.4) is 0 Å². The van der Waals surface area contributed by atoms with Crippen molar-refractivity contribution in [2.24, 2.45) is 0 Å². The van der Waals surface area contributed by atoms with Gasteiger partial charge in [0, 0.05) is 12.2 Å². The lowest BCUT2D eigenvalue weighted by Gasteiger charge is -2.01. The second-order valence-electron chi connectivity index (χ2n) is 2.59. The number of nitrogens with two attached hydrogens (primary N) is 1. The van der Waals surface area contributed by atoms with Crippen LogP contribution in [0.5, 0.6) is 0 Å². The fourth-order valence-corrected chi connectivity index (χ4v) is 0.982. The van der Waals surface area contributed by atoms with Crippen molar-refractivity contribution in [1.29, 1.82) is 0 Å². The average Bonchev–Trinajstić information content (AvgIpc) is 2.09. The van der Waals surface area contributed by atoms with Crippen LogP contribution in [0, 0.1) is 0 Å². The maximum absolute atomic E-state index is 5.54. The number of anilines is 1. The molecule has 0 heterocycles. The molecule has 0 fully saturated rings. The average molecular weight is 166 g/mol. The van der Waals surface area contributed by atoms with Crippen LogP contribution in [-0.2, 0) is 11.3 Å². The number of hydroxylamine groups is 1. The molecule has 1 rings (SSSR count). The molecule has 0 aliphatic rings. The van der Waals surface area contributed by atoms with Crippen molar-refractivity contribution < 1.29 is 4.84 Å². The van der Waals surface area contributed by atoms with Crippen molar-refractivity contribution in [2.45, 2.75) is 6.42 Å². The highest BCUT2D eigenvalue weighted by molar-refractivity contribution is 5.39. The molecule has 12 heavy (non-hydrogen) atoms. The van der Waals surface area contributed by atoms with Crippen molar-refractivity contribution in [3.8, 4) is 0 Å². The molecule has 0 spiro atoms. The predicted molar refractivity (Wildman–Crippen MR) is 49.6 cm³/mol. The Bertz CT molecular complexity index is 220. The van der Waals surface area contributed by atoms with Gasteiger partial charge in [0.05, 0.1) is 7.11 Å². The molecular formula is C9H14N2O. The van der Waals surface area contributed by atoms with E-state index in [9.17, 15) is 0 Å². The Kier molecular flexibility index (Phi) is 3.57. The summed E-state index contributed by atoms with van der Waals surface area (Å²) in [6.07, 6.45) is 0.952. The molecule has 0 amide bonds. The van der Waals surface area contributed by atoms with Crippen LogP contribution in [0.1, 0.15) is 5.56 Å². The van der Waals surface area contributed by atoms with Gasteiger partial charge in [0.2, 0.25) is 0 Å². The normalized spacial score (nSPS) is 10.1. The maximum atomic E-state index is 5.54. The van der Waals surface area contributed by atoms with E-state index in [0.717, 1.165) is 18.7 Å². The molecule has 0 saturated carbocycles. The third kappa shape index (κ3) is 2.90. The number of nitrogens with one attached hydrogen (secondary N) is 1. The van der Waals surface area contributed by atoms with Gasteiger partial charge in [-0.05, 0) is 24.1 Å². The predicted octanol–water partition coefficient (Wildman–Crippen LogP) is 0.962. The van der Waals surface area contributed by atoms with Crippen LogP contribution < -0.4 is 11.2 Å². The van der Waals surface area contributed by atoms with E-state index in [4.69, 9.17) is 10.6 Å². The van der Waals surface area contributed by atoms with Gasteiger partial charge in [0.15, 0.2) is 0 Å². The number of hydrogen-bond donors (Lipinski definition) is 2. The van der Waals surface area contributed by atoms with Gasteiger partial charge in [0.25, 0.3) is 0 Å².